The van der Waals surface area contributed by atoms with Gasteiger partial charge in [-0.2, -0.15) is 5.28 Å². The first-order valence-electron chi connectivity index (χ1n) is 3.69. The summed E-state index contributed by atoms with van der Waals surface area (Å²) in [5.74, 6) is 0. The molecule has 11 heavy (non-hydrogen) atoms. The standard InChI is InChI=1S/C7H15N3O/c1-6-5-8(3)10(11)9(4)7(6)2/h10H,5H2,1-4H3. The molecule has 0 aromatic carbocycles. The lowest BCUT2D eigenvalue weighted by Crippen LogP contribution is -3.19. The summed E-state index contributed by atoms with van der Waals surface area (Å²) < 4.78 is 0. The molecule has 0 radical (unpaired) electrons. The number of quaternary nitrogens is 1. The van der Waals surface area contributed by atoms with Gasteiger partial charge in [0.05, 0.1) is 19.3 Å². The van der Waals surface area contributed by atoms with Crippen LogP contribution in [-0.2, 0) is 0 Å². The fourth-order valence-electron chi connectivity index (χ4n) is 1.22. The maximum absolute atomic E-state index is 11.3. The first kappa shape index (κ1) is 8.52. The Morgan fingerprint density at radius 3 is 2.45 bits per heavy atom. The predicted octanol–water partition coefficient (Wildman–Crippen LogP) is -0.630. The lowest BCUT2D eigenvalue weighted by atomic mass is 10.2. The molecule has 0 saturated heterocycles. The molecule has 4 nitrogen and oxygen atoms in total. The molecule has 1 aliphatic rings. The van der Waals surface area contributed by atoms with Crippen molar-refractivity contribution in [2.24, 2.45) is 0 Å². The Morgan fingerprint density at radius 2 is 1.91 bits per heavy atom. The summed E-state index contributed by atoms with van der Waals surface area (Å²) in [4.78, 5) is 0. The number of rotatable bonds is 0. The van der Waals surface area contributed by atoms with Crippen molar-refractivity contribution in [3.63, 3.8) is 0 Å². The van der Waals surface area contributed by atoms with Gasteiger partial charge in [0.2, 0.25) is 0 Å². The Kier molecular flexibility index (Phi) is 2.17. The Morgan fingerprint density at radius 1 is 1.36 bits per heavy atom. The largest absolute Gasteiger partial charge is 0.587 e. The number of allylic oxidation sites excluding steroid dienone is 1. The van der Waals surface area contributed by atoms with Crippen molar-refractivity contribution in [2.75, 3.05) is 20.6 Å². The van der Waals surface area contributed by atoms with Crippen LogP contribution in [0.1, 0.15) is 13.8 Å². The molecule has 1 N–H and O–H groups in total. The molecule has 4 heteroatoms. The number of nitrogens with one attached hydrogen (secondary N) is 1. The highest BCUT2D eigenvalue weighted by Crippen LogP contribution is 2.07. The molecule has 1 unspecified atom stereocenters. The number of nitrogens with zero attached hydrogens (tertiary/aromatic N) is 2. The topological polar surface area (TPSA) is 34.0 Å². The van der Waals surface area contributed by atoms with Gasteiger partial charge in [0, 0.05) is 7.05 Å². The van der Waals surface area contributed by atoms with Crippen molar-refractivity contribution >= 4 is 0 Å². The van der Waals surface area contributed by atoms with E-state index in [1.807, 2.05) is 14.0 Å². The highest BCUT2D eigenvalue weighted by atomic mass is 16.6. The minimum absolute atomic E-state index is 0.0769. The van der Waals surface area contributed by atoms with Crippen molar-refractivity contribution in [3.8, 4) is 0 Å². The van der Waals surface area contributed by atoms with Crippen molar-refractivity contribution in [2.45, 2.75) is 13.8 Å². The lowest BCUT2D eigenvalue weighted by molar-refractivity contribution is -1.07. The minimum atomic E-state index is 0.0769. The molecule has 1 rings (SSSR count). The van der Waals surface area contributed by atoms with Gasteiger partial charge < -0.3 is 5.21 Å². The van der Waals surface area contributed by atoms with E-state index < -0.39 is 0 Å². The van der Waals surface area contributed by atoms with Crippen LogP contribution in [0.5, 0.6) is 0 Å². The summed E-state index contributed by atoms with van der Waals surface area (Å²) in [7, 11) is 3.62. The third-order valence-corrected chi connectivity index (χ3v) is 2.21. The molecular weight excluding hydrogens is 142 g/mol. The van der Waals surface area contributed by atoms with Gasteiger partial charge in [-0.05, 0) is 19.4 Å². The molecule has 0 amide bonds. The van der Waals surface area contributed by atoms with Gasteiger partial charge in [-0.15, -0.1) is 5.01 Å². The molecule has 0 aromatic rings. The number of hydrogen-bond donors (Lipinski definition) is 1. The minimum Gasteiger partial charge on any atom is -0.587 e. The van der Waals surface area contributed by atoms with Crippen molar-refractivity contribution in [3.05, 3.63) is 16.5 Å². The van der Waals surface area contributed by atoms with Gasteiger partial charge in [0.1, 0.15) is 0 Å². The number of hydrogen-bond acceptors (Lipinski definition) is 3. The Labute approximate surface area is 67.2 Å². The van der Waals surface area contributed by atoms with Crippen LogP contribution in [0.2, 0.25) is 0 Å². The van der Waals surface area contributed by atoms with Crippen LogP contribution in [0, 0.1) is 5.21 Å². The summed E-state index contributed by atoms with van der Waals surface area (Å²) in [6.07, 6.45) is 0. The van der Waals surface area contributed by atoms with Crippen LogP contribution in [0.25, 0.3) is 0 Å². The smallest absolute Gasteiger partial charge is 0.0730 e. The van der Waals surface area contributed by atoms with E-state index >= 15 is 0 Å². The zero-order valence-corrected chi connectivity index (χ0v) is 7.51. The van der Waals surface area contributed by atoms with E-state index in [9.17, 15) is 5.21 Å². The number of likely N-dealkylation sites (N-methyl/N-ethyl adjacent to an activating group) is 1. The quantitative estimate of drug-likeness (QED) is 0.475. The summed E-state index contributed by atoms with van der Waals surface area (Å²) in [5, 5.41) is 14.8. The predicted molar refractivity (Wildman–Crippen MR) is 43.1 cm³/mol. The van der Waals surface area contributed by atoms with Gasteiger partial charge in [-0.25, -0.2) is 5.01 Å². The SMILES string of the molecule is CC1=C(C)N(C)[NH+]([O-])N(C)C1. The van der Waals surface area contributed by atoms with E-state index in [1.54, 1.807) is 17.1 Å². The summed E-state index contributed by atoms with van der Waals surface area (Å²) in [5.41, 5.74) is 2.34. The molecule has 1 atom stereocenters. The van der Waals surface area contributed by atoms with E-state index in [-0.39, 0.29) is 5.28 Å². The Balaban J connectivity index is 2.86. The van der Waals surface area contributed by atoms with Crippen molar-refractivity contribution < 1.29 is 5.28 Å². The lowest BCUT2D eigenvalue weighted by Gasteiger charge is -2.42. The molecule has 0 spiro atoms. The second kappa shape index (κ2) is 2.81. The second-order valence-corrected chi connectivity index (χ2v) is 3.06. The monoisotopic (exact) mass is 157 g/mol. The third kappa shape index (κ3) is 1.38. The normalized spacial score (nSPS) is 28.1. The van der Waals surface area contributed by atoms with Crippen LogP contribution in [0.3, 0.4) is 0 Å². The molecule has 64 valence electrons. The molecule has 0 bridgehead atoms. The third-order valence-electron chi connectivity index (χ3n) is 2.21. The highest BCUT2D eigenvalue weighted by Gasteiger charge is 2.21. The van der Waals surface area contributed by atoms with Crippen LogP contribution in [0.15, 0.2) is 11.3 Å². The Bertz CT molecular complexity index is 190. The van der Waals surface area contributed by atoms with E-state index in [0.717, 1.165) is 12.2 Å². The Hall–Kier alpha value is -0.580. The summed E-state index contributed by atoms with van der Waals surface area (Å²) in [6, 6.07) is 0. The maximum Gasteiger partial charge on any atom is 0.0730 e. The van der Waals surface area contributed by atoms with Gasteiger partial charge in [-0.1, -0.05) is 0 Å². The molecule has 1 aliphatic heterocycles. The van der Waals surface area contributed by atoms with Crippen LogP contribution in [-0.4, -0.2) is 30.7 Å². The van der Waals surface area contributed by atoms with E-state index in [0.29, 0.717) is 0 Å². The van der Waals surface area contributed by atoms with Crippen molar-refractivity contribution in [1.29, 1.82) is 0 Å². The van der Waals surface area contributed by atoms with Gasteiger partial charge >= 0.3 is 0 Å². The highest BCUT2D eigenvalue weighted by molar-refractivity contribution is 5.08. The van der Waals surface area contributed by atoms with Gasteiger partial charge in [0.15, 0.2) is 0 Å². The molecule has 0 fully saturated rings. The zero-order valence-electron chi connectivity index (χ0n) is 7.51. The average Bonchev–Trinajstić information content (AvgIpc) is 1.97. The zero-order chi connectivity index (χ0) is 8.59. The first-order chi connectivity index (χ1) is 5.04. The second-order valence-electron chi connectivity index (χ2n) is 3.06. The average molecular weight is 157 g/mol. The molecule has 1 heterocycles. The first-order valence-corrected chi connectivity index (χ1v) is 3.69. The van der Waals surface area contributed by atoms with Crippen molar-refractivity contribution in [1.82, 2.24) is 10.0 Å². The molecule has 0 saturated carbocycles. The molecule has 0 aromatic heterocycles. The van der Waals surface area contributed by atoms with Gasteiger partial charge in [-0.3, -0.25) is 0 Å². The molecule has 0 aliphatic carbocycles. The maximum atomic E-state index is 11.3. The fraction of sp³-hybridized carbons (Fsp3) is 0.714. The van der Waals surface area contributed by atoms with Crippen LogP contribution in [0.4, 0.5) is 0 Å². The fourth-order valence-corrected chi connectivity index (χ4v) is 1.22. The van der Waals surface area contributed by atoms with Crippen LogP contribution >= 0.6 is 0 Å². The summed E-state index contributed by atoms with van der Waals surface area (Å²) >= 11 is 0. The van der Waals surface area contributed by atoms with E-state index in [4.69, 9.17) is 0 Å². The van der Waals surface area contributed by atoms with E-state index in [1.165, 1.54) is 5.57 Å². The van der Waals surface area contributed by atoms with Crippen LogP contribution < -0.4 is 5.28 Å². The van der Waals surface area contributed by atoms with Gasteiger partial charge in [0.25, 0.3) is 0 Å². The molecular formula is C7H15N3O. The van der Waals surface area contributed by atoms with E-state index in [2.05, 4.69) is 6.92 Å². The summed E-state index contributed by atoms with van der Waals surface area (Å²) in [6.45, 7) is 4.78.